The Morgan fingerprint density at radius 1 is 1.17 bits per heavy atom. The normalized spacial score (nSPS) is 12.8. The first kappa shape index (κ1) is 18.4. The average molecular weight is 321 g/mol. The van der Waals surface area contributed by atoms with Crippen molar-refractivity contribution in [3.8, 4) is 0 Å². The lowest BCUT2D eigenvalue weighted by molar-refractivity contribution is -0.256. The first-order chi connectivity index (χ1) is 10.9. The maximum absolute atomic E-state index is 11.7. The van der Waals surface area contributed by atoms with Gasteiger partial charge in [-0.15, -0.1) is 0 Å². The molecule has 23 heavy (non-hydrogen) atoms. The van der Waals surface area contributed by atoms with Crippen LogP contribution < -0.4 is 5.73 Å². The summed E-state index contributed by atoms with van der Waals surface area (Å²) in [6, 6.07) is 8.04. The maximum atomic E-state index is 11.7. The second-order valence-electron chi connectivity index (χ2n) is 4.83. The van der Waals surface area contributed by atoms with Crippen molar-refractivity contribution in [1.82, 2.24) is 0 Å². The Morgan fingerprint density at radius 3 is 2.30 bits per heavy atom. The third-order valence-electron chi connectivity index (χ3n) is 3.17. The molecule has 0 fully saturated rings. The highest BCUT2D eigenvalue weighted by molar-refractivity contribution is 5.99. The molecule has 7 heteroatoms. The minimum Gasteiger partial charge on any atom is -0.478 e. The van der Waals surface area contributed by atoms with Gasteiger partial charge in [0.25, 0.3) is 0 Å². The zero-order valence-corrected chi connectivity index (χ0v) is 12.9. The van der Waals surface area contributed by atoms with E-state index in [9.17, 15) is 14.4 Å². The molecule has 3 N–H and O–H groups in total. The molecule has 7 nitrogen and oxygen atoms in total. The molecule has 1 aromatic rings. The molecule has 1 unspecified atom stereocenters. The van der Waals surface area contributed by atoms with Gasteiger partial charge in [0.15, 0.2) is 0 Å². The molecule has 0 heterocycles. The molecular formula is C16H19NO6. The highest BCUT2D eigenvalue weighted by Crippen LogP contribution is 2.11. The third-order valence-corrected chi connectivity index (χ3v) is 3.17. The number of hydrogen-bond acceptors (Lipinski definition) is 6. The molecule has 0 saturated carbocycles. The fraction of sp³-hybridized carbons (Fsp3) is 0.312. The maximum Gasteiger partial charge on any atom is 0.382 e. The lowest BCUT2D eigenvalue weighted by atomic mass is 10.1. The predicted molar refractivity (Wildman–Crippen MR) is 80.9 cm³/mol. The standard InChI is InChI=1S/C16H19NO6/c1-3-12(14(18)19)10(2)15(20)22-23-16(21)13(17)9-11-7-5-4-6-8-11/h4-8,13H,3,9,17H2,1-2H3,(H,18,19)/b12-10+. The fourth-order valence-corrected chi connectivity index (χ4v) is 1.85. The molecule has 0 aliphatic heterocycles. The van der Waals surface area contributed by atoms with Crippen molar-refractivity contribution in [3.05, 3.63) is 47.0 Å². The number of hydrogen-bond donors (Lipinski definition) is 2. The summed E-state index contributed by atoms with van der Waals surface area (Å²) in [5.41, 5.74) is 6.26. The number of nitrogens with two attached hydrogens (primary N) is 1. The molecule has 1 aromatic carbocycles. The van der Waals surface area contributed by atoms with Gasteiger partial charge < -0.3 is 10.8 Å². The van der Waals surface area contributed by atoms with Crippen molar-refractivity contribution >= 4 is 17.9 Å². The number of carbonyl (C=O) groups excluding carboxylic acids is 2. The monoisotopic (exact) mass is 321 g/mol. The molecule has 0 amide bonds. The highest BCUT2D eigenvalue weighted by Gasteiger charge is 2.22. The quantitative estimate of drug-likeness (QED) is 0.462. The van der Waals surface area contributed by atoms with Crippen LogP contribution in [0.2, 0.25) is 0 Å². The van der Waals surface area contributed by atoms with Crippen LogP contribution in [-0.4, -0.2) is 29.1 Å². The van der Waals surface area contributed by atoms with E-state index in [0.717, 1.165) is 5.56 Å². The Bertz CT molecular complexity index is 608. The third kappa shape index (κ3) is 5.55. The van der Waals surface area contributed by atoms with E-state index in [4.69, 9.17) is 10.8 Å². The summed E-state index contributed by atoms with van der Waals surface area (Å²) in [6.45, 7) is 2.87. The van der Waals surface area contributed by atoms with E-state index < -0.39 is 23.9 Å². The highest BCUT2D eigenvalue weighted by atomic mass is 17.2. The molecule has 0 aliphatic rings. The summed E-state index contributed by atoms with van der Waals surface area (Å²) < 4.78 is 0. The van der Waals surface area contributed by atoms with Gasteiger partial charge in [0, 0.05) is 11.1 Å². The summed E-state index contributed by atoms with van der Waals surface area (Å²) >= 11 is 0. The van der Waals surface area contributed by atoms with Crippen molar-refractivity contribution in [1.29, 1.82) is 0 Å². The van der Waals surface area contributed by atoms with Crippen LogP contribution in [0.4, 0.5) is 0 Å². The Kier molecular flexibility index (Phi) is 6.95. The van der Waals surface area contributed by atoms with Crippen LogP contribution in [-0.2, 0) is 30.6 Å². The molecule has 0 bridgehead atoms. The molecular weight excluding hydrogens is 302 g/mol. The topological polar surface area (TPSA) is 116 Å². The van der Waals surface area contributed by atoms with Crippen LogP contribution in [0.1, 0.15) is 25.8 Å². The summed E-state index contributed by atoms with van der Waals surface area (Å²) in [5, 5.41) is 8.93. The minimum absolute atomic E-state index is 0.111. The van der Waals surface area contributed by atoms with Crippen LogP contribution in [0.15, 0.2) is 41.5 Å². The second kappa shape index (κ2) is 8.70. The van der Waals surface area contributed by atoms with Crippen molar-refractivity contribution in [2.24, 2.45) is 5.73 Å². The smallest absolute Gasteiger partial charge is 0.382 e. The summed E-state index contributed by atoms with van der Waals surface area (Å²) in [5.74, 6) is -3.18. The van der Waals surface area contributed by atoms with Crippen LogP contribution in [0.5, 0.6) is 0 Å². The van der Waals surface area contributed by atoms with Gasteiger partial charge in [-0.3, -0.25) is 0 Å². The Labute approximate surface area is 133 Å². The van der Waals surface area contributed by atoms with Crippen molar-refractivity contribution in [2.45, 2.75) is 32.7 Å². The molecule has 0 spiro atoms. The Morgan fingerprint density at radius 2 is 1.78 bits per heavy atom. The molecule has 0 aromatic heterocycles. The van der Waals surface area contributed by atoms with Crippen LogP contribution in [0, 0.1) is 0 Å². The first-order valence-electron chi connectivity index (χ1n) is 7.02. The molecule has 124 valence electrons. The molecule has 0 aliphatic carbocycles. The number of carbonyl (C=O) groups is 3. The predicted octanol–water partition coefficient (Wildman–Crippen LogP) is 1.37. The van der Waals surface area contributed by atoms with Crippen LogP contribution >= 0.6 is 0 Å². The number of rotatable bonds is 6. The summed E-state index contributed by atoms with van der Waals surface area (Å²) in [6.07, 6.45) is 0.360. The summed E-state index contributed by atoms with van der Waals surface area (Å²) in [4.78, 5) is 43.1. The second-order valence-corrected chi connectivity index (χ2v) is 4.83. The Hall–Kier alpha value is -2.67. The van der Waals surface area contributed by atoms with E-state index in [-0.39, 0.29) is 24.0 Å². The van der Waals surface area contributed by atoms with Gasteiger partial charge in [-0.2, -0.15) is 0 Å². The van der Waals surface area contributed by atoms with E-state index in [2.05, 4.69) is 9.78 Å². The molecule has 1 atom stereocenters. The largest absolute Gasteiger partial charge is 0.478 e. The number of carboxylic acid groups (broad SMARTS) is 1. The van der Waals surface area contributed by atoms with E-state index in [1.165, 1.54) is 6.92 Å². The van der Waals surface area contributed by atoms with Gasteiger partial charge in [-0.25, -0.2) is 24.2 Å². The zero-order valence-electron chi connectivity index (χ0n) is 12.9. The van der Waals surface area contributed by atoms with Crippen molar-refractivity contribution in [3.63, 3.8) is 0 Å². The number of aliphatic carboxylic acids is 1. The Balaban J connectivity index is 2.58. The van der Waals surface area contributed by atoms with Gasteiger partial charge in [-0.05, 0) is 25.3 Å². The lowest BCUT2D eigenvalue weighted by Crippen LogP contribution is -2.35. The van der Waals surface area contributed by atoms with Crippen LogP contribution in [0.25, 0.3) is 0 Å². The van der Waals surface area contributed by atoms with Gasteiger partial charge in [0.2, 0.25) is 0 Å². The van der Waals surface area contributed by atoms with Gasteiger partial charge in [0.05, 0.1) is 0 Å². The number of carboxylic acids is 1. The van der Waals surface area contributed by atoms with Gasteiger partial charge in [-0.1, -0.05) is 37.3 Å². The zero-order chi connectivity index (χ0) is 17.4. The molecule has 1 rings (SSSR count). The van der Waals surface area contributed by atoms with E-state index >= 15 is 0 Å². The van der Waals surface area contributed by atoms with Crippen molar-refractivity contribution in [2.75, 3.05) is 0 Å². The lowest BCUT2D eigenvalue weighted by Gasteiger charge is -2.10. The van der Waals surface area contributed by atoms with E-state index in [1.807, 2.05) is 6.07 Å². The molecule has 0 radical (unpaired) electrons. The first-order valence-corrected chi connectivity index (χ1v) is 7.02. The average Bonchev–Trinajstić information content (AvgIpc) is 2.53. The fourth-order valence-electron chi connectivity index (χ4n) is 1.85. The van der Waals surface area contributed by atoms with Crippen LogP contribution in [0.3, 0.4) is 0 Å². The molecule has 0 saturated heterocycles. The van der Waals surface area contributed by atoms with Crippen molar-refractivity contribution < 1.29 is 29.3 Å². The van der Waals surface area contributed by atoms with E-state index in [0.29, 0.717) is 0 Å². The van der Waals surface area contributed by atoms with E-state index in [1.54, 1.807) is 31.2 Å². The van der Waals surface area contributed by atoms with Gasteiger partial charge >= 0.3 is 17.9 Å². The summed E-state index contributed by atoms with van der Waals surface area (Å²) in [7, 11) is 0. The minimum atomic E-state index is -1.23. The number of benzene rings is 1. The van der Waals surface area contributed by atoms with Gasteiger partial charge in [0.1, 0.15) is 6.04 Å². The SMILES string of the molecule is CC/C(C(=O)O)=C(/C)C(=O)OOC(=O)C(N)Cc1ccccc1.